The van der Waals surface area contributed by atoms with Gasteiger partial charge in [-0.15, -0.1) is 0 Å². The van der Waals surface area contributed by atoms with Crippen molar-refractivity contribution in [3.05, 3.63) is 12.0 Å². The van der Waals surface area contributed by atoms with Gasteiger partial charge in [0.15, 0.2) is 0 Å². The average molecular weight is 200 g/mol. The highest BCUT2D eigenvalue weighted by atomic mass is 32.2. The second kappa shape index (κ2) is 3.69. The van der Waals surface area contributed by atoms with E-state index < -0.39 is 0 Å². The minimum absolute atomic E-state index is 0.165. The summed E-state index contributed by atoms with van der Waals surface area (Å²) in [6.07, 6.45) is 1.33. The van der Waals surface area contributed by atoms with Crippen LogP contribution in [0.4, 0.5) is 0 Å². The molecular formula is C8H12N2O2S. The maximum Gasteiger partial charge on any atom is 0.256 e. The molecule has 1 aliphatic rings. The third-order valence-corrected chi connectivity index (χ3v) is 3.15. The van der Waals surface area contributed by atoms with Gasteiger partial charge in [0.2, 0.25) is 0 Å². The van der Waals surface area contributed by atoms with Crippen LogP contribution in [-0.2, 0) is 0 Å². The Morgan fingerprint density at radius 1 is 1.69 bits per heavy atom. The van der Waals surface area contributed by atoms with E-state index in [1.807, 2.05) is 6.92 Å². The Bertz CT molecular complexity index is 289. The van der Waals surface area contributed by atoms with Crippen LogP contribution in [0, 0.1) is 6.92 Å². The van der Waals surface area contributed by atoms with E-state index in [9.17, 15) is 5.11 Å². The lowest BCUT2D eigenvalue weighted by atomic mass is 10.3. The number of hydrogen-bond acceptors (Lipinski definition) is 5. The summed E-state index contributed by atoms with van der Waals surface area (Å²) < 4.78 is 5.19. The molecular weight excluding hydrogens is 188 g/mol. The molecule has 0 radical (unpaired) electrons. The Balaban J connectivity index is 1.97. The first-order chi connectivity index (χ1) is 6.25. The molecule has 2 atom stereocenters. The van der Waals surface area contributed by atoms with Crippen LogP contribution in [0.3, 0.4) is 0 Å². The maximum absolute atomic E-state index is 9.50. The van der Waals surface area contributed by atoms with Gasteiger partial charge in [-0.3, -0.25) is 0 Å². The summed E-state index contributed by atoms with van der Waals surface area (Å²) in [6, 6.07) is 0. The molecule has 1 aliphatic heterocycles. The number of oxazole rings is 1. The molecule has 0 aromatic carbocycles. The molecule has 0 bridgehead atoms. The molecule has 72 valence electrons. The van der Waals surface area contributed by atoms with E-state index in [0.29, 0.717) is 11.8 Å². The molecule has 2 rings (SSSR count). The second-order valence-electron chi connectivity index (χ2n) is 3.14. The molecule has 1 saturated heterocycles. The standard InChI is InChI=1S/C8H12N2O2S/c1-5-4-12-8(10-5)13-7-3-9-2-6(7)11/h4,6-7,9,11H,2-3H2,1H3. The average Bonchev–Trinajstić information content (AvgIpc) is 2.64. The van der Waals surface area contributed by atoms with Crippen LogP contribution in [0.2, 0.25) is 0 Å². The molecule has 1 aromatic heterocycles. The molecule has 4 nitrogen and oxygen atoms in total. The van der Waals surface area contributed by atoms with Gasteiger partial charge in [-0.05, 0) is 6.92 Å². The van der Waals surface area contributed by atoms with Crippen LogP contribution in [-0.4, -0.2) is 34.5 Å². The number of aromatic nitrogens is 1. The molecule has 0 aliphatic carbocycles. The number of β-amino-alcohol motifs (C(OH)–C–C–N with tert-alkyl or cyclic N) is 1. The van der Waals surface area contributed by atoms with E-state index in [1.54, 1.807) is 6.26 Å². The predicted octanol–water partition coefficient (Wildman–Crippen LogP) is 0.408. The van der Waals surface area contributed by atoms with E-state index in [0.717, 1.165) is 12.2 Å². The van der Waals surface area contributed by atoms with Gasteiger partial charge in [0, 0.05) is 13.1 Å². The zero-order chi connectivity index (χ0) is 9.26. The lowest BCUT2D eigenvalue weighted by Crippen LogP contribution is -2.19. The van der Waals surface area contributed by atoms with Gasteiger partial charge in [0.05, 0.1) is 17.0 Å². The molecule has 2 heterocycles. The molecule has 0 amide bonds. The highest BCUT2D eigenvalue weighted by Crippen LogP contribution is 2.26. The van der Waals surface area contributed by atoms with Crippen LogP contribution in [0.15, 0.2) is 15.9 Å². The molecule has 13 heavy (non-hydrogen) atoms. The fourth-order valence-electron chi connectivity index (χ4n) is 1.28. The Morgan fingerprint density at radius 2 is 2.54 bits per heavy atom. The molecule has 1 aromatic rings. The number of nitrogens with one attached hydrogen (secondary N) is 1. The van der Waals surface area contributed by atoms with E-state index >= 15 is 0 Å². The SMILES string of the molecule is Cc1coc(SC2CNCC2O)n1. The van der Waals surface area contributed by atoms with Crippen molar-refractivity contribution in [2.24, 2.45) is 0 Å². The van der Waals surface area contributed by atoms with Crippen molar-refractivity contribution in [3.8, 4) is 0 Å². The number of thioether (sulfide) groups is 1. The van der Waals surface area contributed by atoms with E-state index in [2.05, 4.69) is 10.3 Å². The minimum atomic E-state index is -0.294. The van der Waals surface area contributed by atoms with Crippen molar-refractivity contribution in [1.29, 1.82) is 0 Å². The smallest absolute Gasteiger partial charge is 0.256 e. The van der Waals surface area contributed by atoms with Gasteiger partial charge in [-0.25, -0.2) is 4.98 Å². The van der Waals surface area contributed by atoms with Gasteiger partial charge in [-0.1, -0.05) is 11.8 Å². The summed E-state index contributed by atoms with van der Waals surface area (Å²) in [6.45, 7) is 3.36. The minimum Gasteiger partial charge on any atom is -0.440 e. The molecule has 0 spiro atoms. The molecule has 2 unspecified atom stereocenters. The molecule has 5 heteroatoms. The Hall–Kier alpha value is -0.520. The molecule has 1 fully saturated rings. The number of aryl methyl sites for hydroxylation is 1. The van der Waals surface area contributed by atoms with Crippen LogP contribution in [0.5, 0.6) is 0 Å². The molecule has 2 N–H and O–H groups in total. The van der Waals surface area contributed by atoms with Crippen LogP contribution >= 0.6 is 11.8 Å². The molecule has 0 saturated carbocycles. The third-order valence-electron chi connectivity index (χ3n) is 1.98. The normalized spacial score (nSPS) is 28.2. The lowest BCUT2D eigenvalue weighted by Gasteiger charge is -2.08. The van der Waals surface area contributed by atoms with Gasteiger partial charge in [-0.2, -0.15) is 0 Å². The Labute approximate surface area is 80.7 Å². The largest absolute Gasteiger partial charge is 0.440 e. The summed E-state index contributed by atoms with van der Waals surface area (Å²) in [7, 11) is 0. The van der Waals surface area contributed by atoms with Gasteiger partial charge in [0.1, 0.15) is 6.26 Å². The Morgan fingerprint density at radius 3 is 3.08 bits per heavy atom. The number of nitrogens with zero attached hydrogens (tertiary/aromatic N) is 1. The summed E-state index contributed by atoms with van der Waals surface area (Å²) in [4.78, 5) is 4.17. The number of hydrogen-bond donors (Lipinski definition) is 2. The summed E-state index contributed by atoms with van der Waals surface area (Å²) in [5, 5.41) is 13.4. The fourth-order valence-corrected chi connectivity index (χ4v) is 2.29. The summed E-state index contributed by atoms with van der Waals surface area (Å²) in [5.41, 5.74) is 0.878. The first-order valence-electron chi connectivity index (χ1n) is 4.23. The highest BCUT2D eigenvalue weighted by Gasteiger charge is 2.27. The van der Waals surface area contributed by atoms with Crippen LogP contribution in [0.1, 0.15) is 5.69 Å². The first-order valence-corrected chi connectivity index (χ1v) is 5.11. The lowest BCUT2D eigenvalue weighted by molar-refractivity contribution is 0.200. The van der Waals surface area contributed by atoms with Gasteiger partial charge >= 0.3 is 0 Å². The van der Waals surface area contributed by atoms with Crippen molar-refractivity contribution in [3.63, 3.8) is 0 Å². The van der Waals surface area contributed by atoms with Crippen LogP contribution < -0.4 is 5.32 Å². The highest BCUT2D eigenvalue weighted by molar-refractivity contribution is 7.99. The van der Waals surface area contributed by atoms with Crippen molar-refractivity contribution < 1.29 is 9.52 Å². The monoisotopic (exact) mass is 200 g/mol. The number of aliphatic hydroxyl groups excluding tert-OH is 1. The van der Waals surface area contributed by atoms with Crippen molar-refractivity contribution in [1.82, 2.24) is 10.3 Å². The van der Waals surface area contributed by atoms with Crippen molar-refractivity contribution in [2.75, 3.05) is 13.1 Å². The van der Waals surface area contributed by atoms with E-state index in [4.69, 9.17) is 4.42 Å². The third kappa shape index (κ3) is 2.04. The van der Waals surface area contributed by atoms with E-state index in [1.165, 1.54) is 11.8 Å². The van der Waals surface area contributed by atoms with Gasteiger partial charge < -0.3 is 14.8 Å². The van der Waals surface area contributed by atoms with Crippen molar-refractivity contribution >= 4 is 11.8 Å². The predicted molar refractivity (Wildman–Crippen MR) is 49.8 cm³/mol. The zero-order valence-electron chi connectivity index (χ0n) is 7.36. The zero-order valence-corrected chi connectivity index (χ0v) is 8.17. The first kappa shape index (κ1) is 9.05. The van der Waals surface area contributed by atoms with Crippen molar-refractivity contribution in [2.45, 2.75) is 23.5 Å². The number of aliphatic hydroxyl groups is 1. The Kier molecular flexibility index (Phi) is 2.57. The van der Waals surface area contributed by atoms with E-state index in [-0.39, 0.29) is 11.4 Å². The second-order valence-corrected chi connectivity index (χ2v) is 4.33. The van der Waals surface area contributed by atoms with Crippen LogP contribution in [0.25, 0.3) is 0 Å². The maximum atomic E-state index is 9.50. The quantitative estimate of drug-likeness (QED) is 0.724. The fraction of sp³-hybridized carbons (Fsp3) is 0.625. The summed E-state index contributed by atoms with van der Waals surface area (Å²) >= 11 is 1.49. The topological polar surface area (TPSA) is 58.3 Å². The summed E-state index contributed by atoms with van der Waals surface area (Å²) in [5.74, 6) is 0. The number of rotatable bonds is 2. The van der Waals surface area contributed by atoms with Gasteiger partial charge in [0.25, 0.3) is 5.22 Å².